The van der Waals surface area contributed by atoms with E-state index >= 15 is 0 Å². The third-order valence-corrected chi connectivity index (χ3v) is 4.38. The standard InChI is InChI=1S/C20H20ClF3N4O3/c1-3-4-7-25-17(29)13-8-11(2)5-6-15(13)27-19(31)28-18(30)16-14(21)9-12(10-26-16)20(22,23)24/h5-6,8-10H,3-4,7H2,1-2H3,(H,25,29)(H2,27,28,30,31). The van der Waals surface area contributed by atoms with E-state index < -0.39 is 40.3 Å². The molecule has 0 spiro atoms. The van der Waals surface area contributed by atoms with Gasteiger partial charge in [0.15, 0.2) is 0 Å². The maximum Gasteiger partial charge on any atom is 0.417 e. The summed E-state index contributed by atoms with van der Waals surface area (Å²) in [5.41, 5.74) is -0.549. The van der Waals surface area contributed by atoms with Crippen molar-refractivity contribution >= 4 is 35.1 Å². The number of unbranched alkanes of at least 4 members (excludes halogenated alkanes) is 1. The minimum atomic E-state index is -4.68. The number of halogens is 4. The monoisotopic (exact) mass is 456 g/mol. The summed E-state index contributed by atoms with van der Waals surface area (Å²) in [7, 11) is 0. The highest BCUT2D eigenvalue weighted by molar-refractivity contribution is 6.34. The number of urea groups is 1. The van der Waals surface area contributed by atoms with Crippen LogP contribution in [0.2, 0.25) is 5.02 Å². The number of carbonyl (C=O) groups is 3. The second-order valence-corrected chi connectivity index (χ2v) is 7.03. The number of aromatic nitrogens is 1. The molecule has 0 aliphatic carbocycles. The van der Waals surface area contributed by atoms with Crippen LogP contribution in [0.5, 0.6) is 0 Å². The van der Waals surface area contributed by atoms with Crippen LogP contribution in [0.3, 0.4) is 0 Å². The molecule has 0 saturated heterocycles. The zero-order chi connectivity index (χ0) is 23.2. The van der Waals surface area contributed by atoms with E-state index in [4.69, 9.17) is 11.6 Å². The van der Waals surface area contributed by atoms with Gasteiger partial charge in [0, 0.05) is 12.7 Å². The van der Waals surface area contributed by atoms with E-state index in [0.29, 0.717) is 18.8 Å². The zero-order valence-corrected chi connectivity index (χ0v) is 17.4. The maximum atomic E-state index is 12.7. The minimum absolute atomic E-state index is 0.149. The van der Waals surface area contributed by atoms with Gasteiger partial charge < -0.3 is 10.6 Å². The molecule has 11 heteroatoms. The molecule has 0 radical (unpaired) electrons. The van der Waals surface area contributed by atoms with Gasteiger partial charge in [0.05, 0.1) is 21.8 Å². The van der Waals surface area contributed by atoms with Crippen molar-refractivity contribution in [3.8, 4) is 0 Å². The number of hydrogen-bond acceptors (Lipinski definition) is 4. The lowest BCUT2D eigenvalue weighted by atomic mass is 10.1. The first kappa shape index (κ1) is 24.1. The predicted molar refractivity (Wildman–Crippen MR) is 109 cm³/mol. The number of amides is 4. The summed E-state index contributed by atoms with van der Waals surface area (Å²) in [6.07, 6.45) is -2.56. The van der Waals surface area contributed by atoms with Crippen molar-refractivity contribution in [2.45, 2.75) is 32.9 Å². The average molecular weight is 457 g/mol. The molecule has 0 aliphatic heterocycles. The molecule has 2 aromatic rings. The van der Waals surface area contributed by atoms with E-state index in [9.17, 15) is 27.6 Å². The molecule has 3 N–H and O–H groups in total. The van der Waals surface area contributed by atoms with Gasteiger partial charge in [0.2, 0.25) is 0 Å². The van der Waals surface area contributed by atoms with E-state index in [2.05, 4.69) is 15.6 Å². The summed E-state index contributed by atoms with van der Waals surface area (Å²) in [5.74, 6) is -1.50. The van der Waals surface area contributed by atoms with Crippen LogP contribution < -0.4 is 16.0 Å². The first-order valence-corrected chi connectivity index (χ1v) is 9.64. The van der Waals surface area contributed by atoms with Gasteiger partial charge in [0.1, 0.15) is 5.69 Å². The lowest BCUT2D eigenvalue weighted by molar-refractivity contribution is -0.137. The fourth-order valence-corrected chi connectivity index (χ4v) is 2.76. The van der Waals surface area contributed by atoms with Gasteiger partial charge in [-0.25, -0.2) is 9.78 Å². The van der Waals surface area contributed by atoms with Crippen molar-refractivity contribution in [3.05, 3.63) is 57.9 Å². The van der Waals surface area contributed by atoms with E-state index in [1.807, 2.05) is 12.2 Å². The van der Waals surface area contributed by atoms with E-state index in [1.54, 1.807) is 19.1 Å². The Morgan fingerprint density at radius 1 is 1.13 bits per heavy atom. The summed E-state index contributed by atoms with van der Waals surface area (Å²) >= 11 is 5.71. The summed E-state index contributed by atoms with van der Waals surface area (Å²) in [4.78, 5) is 40.2. The highest BCUT2D eigenvalue weighted by Crippen LogP contribution is 2.31. The van der Waals surface area contributed by atoms with Gasteiger partial charge in [0.25, 0.3) is 11.8 Å². The third kappa shape index (κ3) is 6.68. The number of hydrogen-bond donors (Lipinski definition) is 3. The average Bonchev–Trinajstić information content (AvgIpc) is 2.68. The number of nitrogens with zero attached hydrogens (tertiary/aromatic N) is 1. The number of benzene rings is 1. The van der Waals surface area contributed by atoms with Crippen LogP contribution in [0.25, 0.3) is 0 Å². The number of anilines is 1. The Labute approximate surface area is 181 Å². The maximum absolute atomic E-state index is 12.7. The summed E-state index contributed by atoms with van der Waals surface area (Å²) in [5, 5.41) is 6.48. The Morgan fingerprint density at radius 3 is 2.45 bits per heavy atom. The highest BCUT2D eigenvalue weighted by atomic mass is 35.5. The number of pyridine rings is 1. The topological polar surface area (TPSA) is 100 Å². The number of aryl methyl sites for hydroxylation is 1. The summed E-state index contributed by atoms with van der Waals surface area (Å²) < 4.78 is 38.1. The van der Waals surface area contributed by atoms with Crippen molar-refractivity contribution in [2.75, 3.05) is 11.9 Å². The molecule has 1 aromatic carbocycles. The molecule has 0 fully saturated rings. The second-order valence-electron chi connectivity index (χ2n) is 6.62. The number of alkyl halides is 3. The molecule has 166 valence electrons. The third-order valence-electron chi connectivity index (χ3n) is 4.09. The van der Waals surface area contributed by atoms with Crippen LogP contribution in [-0.4, -0.2) is 29.4 Å². The molecular weight excluding hydrogens is 437 g/mol. The van der Waals surface area contributed by atoms with Crippen molar-refractivity contribution in [1.29, 1.82) is 0 Å². The number of carbonyl (C=O) groups excluding carboxylic acids is 3. The SMILES string of the molecule is CCCCNC(=O)c1cc(C)ccc1NC(=O)NC(=O)c1ncc(C(F)(F)F)cc1Cl. The molecule has 4 amide bonds. The Bertz CT molecular complexity index is 996. The van der Waals surface area contributed by atoms with Crippen molar-refractivity contribution in [2.24, 2.45) is 0 Å². The van der Waals surface area contributed by atoms with Gasteiger partial charge in [-0.05, 0) is 31.5 Å². The first-order chi connectivity index (χ1) is 14.5. The van der Waals surface area contributed by atoms with Crippen molar-refractivity contribution in [1.82, 2.24) is 15.6 Å². The fraction of sp³-hybridized carbons (Fsp3) is 0.300. The van der Waals surface area contributed by atoms with E-state index in [-0.39, 0.29) is 11.3 Å². The van der Waals surface area contributed by atoms with Crippen molar-refractivity contribution in [3.63, 3.8) is 0 Å². The summed E-state index contributed by atoms with van der Waals surface area (Å²) in [6.45, 7) is 4.21. The molecule has 0 aliphatic rings. The molecule has 1 heterocycles. The normalized spacial score (nSPS) is 11.0. The lowest BCUT2D eigenvalue weighted by Gasteiger charge is -2.13. The van der Waals surface area contributed by atoms with Crippen molar-refractivity contribution < 1.29 is 27.6 Å². The second kappa shape index (κ2) is 10.3. The first-order valence-electron chi connectivity index (χ1n) is 9.26. The largest absolute Gasteiger partial charge is 0.417 e. The Balaban J connectivity index is 2.12. The van der Waals surface area contributed by atoms with Crippen LogP contribution in [0.1, 0.15) is 51.7 Å². The Morgan fingerprint density at radius 2 is 1.84 bits per heavy atom. The Hall–Kier alpha value is -3.14. The molecule has 7 nitrogen and oxygen atoms in total. The van der Waals surface area contributed by atoms with Gasteiger partial charge in [-0.3, -0.25) is 14.9 Å². The van der Waals surface area contributed by atoms with E-state index in [1.165, 1.54) is 6.07 Å². The van der Waals surface area contributed by atoms with Gasteiger partial charge in [-0.1, -0.05) is 36.6 Å². The molecule has 2 rings (SSSR count). The fourth-order valence-electron chi connectivity index (χ4n) is 2.50. The molecule has 0 unspecified atom stereocenters. The lowest BCUT2D eigenvalue weighted by Crippen LogP contribution is -2.36. The molecule has 0 bridgehead atoms. The van der Waals surface area contributed by atoms with Crippen LogP contribution in [0.15, 0.2) is 30.5 Å². The molecule has 0 atom stereocenters. The zero-order valence-electron chi connectivity index (χ0n) is 16.7. The molecule has 31 heavy (non-hydrogen) atoms. The van der Waals surface area contributed by atoms with E-state index in [0.717, 1.165) is 18.4 Å². The van der Waals surface area contributed by atoms with Gasteiger partial charge in [-0.2, -0.15) is 13.2 Å². The van der Waals surface area contributed by atoms with Crippen LogP contribution in [0, 0.1) is 6.92 Å². The predicted octanol–water partition coefficient (Wildman–Crippen LogP) is 4.55. The molecule has 1 aromatic heterocycles. The number of nitrogens with one attached hydrogen (secondary N) is 3. The van der Waals surface area contributed by atoms with Gasteiger partial charge in [-0.15, -0.1) is 0 Å². The highest BCUT2D eigenvalue weighted by Gasteiger charge is 2.32. The van der Waals surface area contributed by atoms with Crippen LogP contribution in [-0.2, 0) is 6.18 Å². The molecule has 0 saturated carbocycles. The minimum Gasteiger partial charge on any atom is -0.352 e. The smallest absolute Gasteiger partial charge is 0.352 e. The quantitative estimate of drug-likeness (QED) is 0.555. The summed E-state index contributed by atoms with van der Waals surface area (Å²) in [6, 6.07) is 4.27. The van der Waals surface area contributed by atoms with Crippen LogP contribution in [0.4, 0.5) is 23.7 Å². The van der Waals surface area contributed by atoms with Crippen LogP contribution >= 0.6 is 11.6 Å². The Kier molecular flexibility index (Phi) is 7.98. The number of imide groups is 1. The molecular formula is C20H20ClF3N4O3. The number of rotatable bonds is 6. The van der Waals surface area contributed by atoms with Gasteiger partial charge >= 0.3 is 12.2 Å².